The quantitative estimate of drug-likeness (QED) is 0.632. The van der Waals surface area contributed by atoms with E-state index in [9.17, 15) is 23.1 Å². The number of carbonyl (C=O) groups is 1. The number of ether oxygens (including phenoxy) is 1. The number of alkyl halides is 3. The van der Waals surface area contributed by atoms with Gasteiger partial charge < -0.3 is 14.6 Å². The molecule has 1 aliphatic rings. The van der Waals surface area contributed by atoms with Crippen molar-refractivity contribution in [2.75, 3.05) is 0 Å². The van der Waals surface area contributed by atoms with Crippen molar-refractivity contribution in [2.45, 2.75) is 19.2 Å². The van der Waals surface area contributed by atoms with E-state index in [2.05, 4.69) is 0 Å². The smallest absolute Gasteiger partial charge is 0.545 e. The SMILES string of the molecule is Cc1cc(Cl)cc2c1O[C@H](C(F)(F)F)C(C(=O)[O-])=C2.[Na+]. The minimum Gasteiger partial charge on any atom is -0.545 e. The molecule has 0 aromatic heterocycles. The van der Waals surface area contributed by atoms with Crippen molar-refractivity contribution in [2.24, 2.45) is 0 Å². The van der Waals surface area contributed by atoms with Crippen LogP contribution in [-0.2, 0) is 4.79 Å². The molecule has 0 amide bonds. The predicted octanol–water partition coefficient (Wildman–Crippen LogP) is -0.891. The maximum Gasteiger partial charge on any atom is 1.00 e. The molecule has 102 valence electrons. The topological polar surface area (TPSA) is 49.4 Å². The first-order valence-electron chi connectivity index (χ1n) is 5.16. The van der Waals surface area contributed by atoms with E-state index in [1.165, 1.54) is 19.1 Å². The first kappa shape index (κ1) is 17.4. The number of hydrogen-bond donors (Lipinski definition) is 0. The molecular weight excluding hydrogens is 308 g/mol. The summed E-state index contributed by atoms with van der Waals surface area (Å²) in [5.41, 5.74) is -0.392. The summed E-state index contributed by atoms with van der Waals surface area (Å²) in [6.07, 6.45) is -6.49. The van der Waals surface area contributed by atoms with E-state index in [0.717, 1.165) is 6.08 Å². The van der Waals surface area contributed by atoms with Crippen LogP contribution in [0.2, 0.25) is 5.02 Å². The Morgan fingerprint density at radius 3 is 2.50 bits per heavy atom. The van der Waals surface area contributed by atoms with Crippen LogP contribution in [0.15, 0.2) is 17.7 Å². The number of carboxylic acids is 1. The molecule has 0 aliphatic carbocycles. The van der Waals surface area contributed by atoms with Crippen LogP contribution in [-0.4, -0.2) is 18.2 Å². The van der Waals surface area contributed by atoms with E-state index in [4.69, 9.17) is 16.3 Å². The summed E-state index contributed by atoms with van der Waals surface area (Å²) in [5, 5.41) is 11.1. The molecule has 0 unspecified atom stereocenters. The third kappa shape index (κ3) is 3.31. The average Bonchev–Trinajstić information content (AvgIpc) is 2.25. The maximum atomic E-state index is 12.8. The fourth-order valence-corrected chi connectivity index (χ4v) is 2.14. The third-order valence-electron chi connectivity index (χ3n) is 2.63. The number of aliphatic carboxylic acids is 1. The first-order chi connectivity index (χ1) is 8.70. The monoisotopic (exact) mass is 314 g/mol. The van der Waals surface area contributed by atoms with E-state index < -0.39 is 23.8 Å². The van der Waals surface area contributed by atoms with Crippen molar-refractivity contribution in [1.82, 2.24) is 0 Å². The summed E-state index contributed by atoms with van der Waals surface area (Å²) in [4.78, 5) is 10.8. The number of fused-ring (bicyclic) bond motifs is 1. The van der Waals surface area contributed by atoms with E-state index in [1.54, 1.807) is 0 Å². The minimum absolute atomic E-state index is 0. The van der Waals surface area contributed by atoms with Crippen LogP contribution in [0.4, 0.5) is 13.2 Å². The van der Waals surface area contributed by atoms with Crippen LogP contribution in [0.1, 0.15) is 11.1 Å². The molecule has 1 aromatic rings. The Morgan fingerprint density at radius 1 is 1.40 bits per heavy atom. The van der Waals surface area contributed by atoms with Gasteiger partial charge >= 0.3 is 35.7 Å². The average molecular weight is 315 g/mol. The van der Waals surface area contributed by atoms with E-state index in [0.29, 0.717) is 5.56 Å². The molecular formula is C12H7ClF3NaO3. The zero-order valence-corrected chi connectivity index (χ0v) is 13.3. The molecule has 8 heteroatoms. The van der Waals surface area contributed by atoms with E-state index >= 15 is 0 Å². The minimum atomic E-state index is -4.84. The normalized spacial score (nSPS) is 17.4. The van der Waals surface area contributed by atoms with Gasteiger partial charge in [-0.3, -0.25) is 0 Å². The Bertz CT molecular complexity index is 584. The molecule has 0 radical (unpaired) electrons. The van der Waals surface area contributed by atoms with Gasteiger partial charge in [0.25, 0.3) is 0 Å². The molecule has 0 fully saturated rings. The third-order valence-corrected chi connectivity index (χ3v) is 2.85. The van der Waals surface area contributed by atoms with Gasteiger partial charge in [0.2, 0.25) is 6.10 Å². The molecule has 0 saturated heterocycles. The molecule has 1 heterocycles. The van der Waals surface area contributed by atoms with E-state index in [-0.39, 0.29) is 45.9 Å². The van der Waals surface area contributed by atoms with Crippen LogP contribution in [0, 0.1) is 6.92 Å². The van der Waals surface area contributed by atoms with Crippen molar-refractivity contribution in [3.63, 3.8) is 0 Å². The van der Waals surface area contributed by atoms with Gasteiger partial charge in [0.05, 0.1) is 5.97 Å². The van der Waals surface area contributed by atoms with Gasteiger partial charge in [-0.05, 0) is 30.7 Å². The van der Waals surface area contributed by atoms with Crippen molar-refractivity contribution >= 4 is 23.6 Å². The zero-order valence-electron chi connectivity index (χ0n) is 10.5. The molecule has 2 rings (SSSR count). The number of aryl methyl sites for hydroxylation is 1. The number of carboxylic acid groups (broad SMARTS) is 1. The van der Waals surface area contributed by atoms with Crippen molar-refractivity contribution in [3.8, 4) is 5.75 Å². The molecule has 0 spiro atoms. The largest absolute Gasteiger partial charge is 1.00 e. The van der Waals surface area contributed by atoms with Crippen LogP contribution in [0.3, 0.4) is 0 Å². The van der Waals surface area contributed by atoms with Crippen LogP contribution >= 0.6 is 11.6 Å². The van der Waals surface area contributed by atoms with Crippen molar-refractivity contribution in [1.29, 1.82) is 0 Å². The summed E-state index contributed by atoms with van der Waals surface area (Å²) >= 11 is 5.77. The summed E-state index contributed by atoms with van der Waals surface area (Å²) in [5.74, 6) is -1.96. The number of halogens is 4. The van der Waals surface area contributed by atoms with Gasteiger partial charge in [0.15, 0.2) is 0 Å². The van der Waals surface area contributed by atoms with Gasteiger partial charge in [-0.2, -0.15) is 13.2 Å². The standard InChI is InChI=1S/C12H8ClF3O3.Na/c1-5-2-7(13)3-6-4-8(11(17)18)10(12(14,15)16)19-9(5)6;/h2-4,10H,1H3,(H,17,18);/q;+1/p-1/t10-;/m0./s1. The number of rotatable bonds is 1. The van der Waals surface area contributed by atoms with Crippen molar-refractivity contribution < 1.29 is 57.4 Å². The van der Waals surface area contributed by atoms with Gasteiger partial charge in [-0.1, -0.05) is 11.6 Å². The molecule has 20 heavy (non-hydrogen) atoms. The Balaban J connectivity index is 0.00000200. The second-order valence-electron chi connectivity index (χ2n) is 4.07. The van der Waals surface area contributed by atoms with Crippen LogP contribution in [0.25, 0.3) is 6.08 Å². The molecule has 0 saturated carbocycles. The molecule has 1 aromatic carbocycles. The number of benzene rings is 1. The Morgan fingerprint density at radius 2 is 2.00 bits per heavy atom. The van der Waals surface area contributed by atoms with Crippen LogP contribution < -0.4 is 39.4 Å². The molecule has 0 bridgehead atoms. The van der Waals surface area contributed by atoms with Gasteiger partial charge in [0, 0.05) is 16.2 Å². The summed E-state index contributed by atoms with van der Waals surface area (Å²) in [6.45, 7) is 1.52. The second-order valence-corrected chi connectivity index (χ2v) is 4.50. The Hall–Kier alpha value is -0.690. The van der Waals surface area contributed by atoms with Gasteiger partial charge in [0.1, 0.15) is 5.75 Å². The number of carbonyl (C=O) groups excluding carboxylic acids is 1. The van der Waals surface area contributed by atoms with Crippen LogP contribution in [0.5, 0.6) is 5.75 Å². The summed E-state index contributed by atoms with van der Waals surface area (Å²) in [6, 6.07) is 2.77. The van der Waals surface area contributed by atoms with Gasteiger partial charge in [-0.15, -0.1) is 0 Å². The summed E-state index contributed by atoms with van der Waals surface area (Å²) in [7, 11) is 0. The maximum absolute atomic E-state index is 12.8. The van der Waals surface area contributed by atoms with Crippen molar-refractivity contribution in [3.05, 3.63) is 33.9 Å². The van der Waals surface area contributed by atoms with E-state index in [1.807, 2.05) is 0 Å². The molecule has 0 N–H and O–H groups in total. The second kappa shape index (κ2) is 5.97. The Kier molecular flexibility index (Phi) is 5.18. The molecule has 1 aliphatic heterocycles. The fraction of sp³-hybridized carbons (Fsp3) is 0.250. The first-order valence-corrected chi connectivity index (χ1v) is 5.54. The zero-order chi connectivity index (χ0) is 14.4. The molecule has 1 atom stereocenters. The number of hydrogen-bond acceptors (Lipinski definition) is 3. The Labute approximate surface area is 139 Å². The summed E-state index contributed by atoms with van der Waals surface area (Å²) < 4.78 is 43.1. The van der Waals surface area contributed by atoms with Gasteiger partial charge in [-0.25, -0.2) is 0 Å². The fourth-order valence-electron chi connectivity index (χ4n) is 1.86. The molecule has 3 nitrogen and oxygen atoms in total. The predicted molar refractivity (Wildman–Crippen MR) is 59.6 cm³/mol.